The van der Waals surface area contributed by atoms with Crippen molar-refractivity contribution < 1.29 is 0 Å². The first-order chi connectivity index (χ1) is 6.45. The summed E-state index contributed by atoms with van der Waals surface area (Å²) in [5.41, 5.74) is 2.46. The molecule has 0 saturated carbocycles. The lowest BCUT2D eigenvalue weighted by Crippen LogP contribution is -2.16. The monoisotopic (exact) mass is 170 g/mol. The van der Waals surface area contributed by atoms with Crippen LogP contribution in [0.5, 0.6) is 0 Å². The van der Waals surface area contributed by atoms with Crippen LogP contribution >= 0.6 is 0 Å². The molecule has 0 spiro atoms. The molecule has 3 rings (SSSR count). The number of benzene rings is 2. The predicted molar refractivity (Wildman–Crippen MR) is 56.1 cm³/mol. The highest BCUT2D eigenvalue weighted by atomic mass is 15.1. The molecule has 2 nitrogen and oxygen atoms in total. The number of rotatable bonds is 0. The van der Waals surface area contributed by atoms with E-state index in [2.05, 4.69) is 47.0 Å². The fraction of sp³-hybridized carbons (Fsp3) is 0.0909. The Kier molecular flexibility index (Phi) is 1.25. The minimum Gasteiger partial charge on any atom is -0.367 e. The number of anilines is 2. The first-order valence-electron chi connectivity index (χ1n) is 4.45. The van der Waals surface area contributed by atoms with Crippen LogP contribution in [0.15, 0.2) is 36.4 Å². The standard InChI is InChI=1S/C11H10N2/c1-3-8-4-2-6-10-11(8)9(5-1)12-7-13-10/h1-6,12-13H,7H2. The van der Waals surface area contributed by atoms with Crippen molar-refractivity contribution in [3.8, 4) is 0 Å². The molecule has 13 heavy (non-hydrogen) atoms. The Morgan fingerprint density at radius 3 is 2.08 bits per heavy atom. The third-order valence-electron chi connectivity index (χ3n) is 2.46. The first-order valence-corrected chi connectivity index (χ1v) is 4.45. The fourth-order valence-electron chi connectivity index (χ4n) is 1.87. The van der Waals surface area contributed by atoms with Crippen molar-refractivity contribution in [3.05, 3.63) is 36.4 Å². The highest BCUT2D eigenvalue weighted by Crippen LogP contribution is 2.32. The average Bonchev–Trinajstić information content (AvgIpc) is 2.19. The predicted octanol–water partition coefficient (Wildman–Crippen LogP) is 2.63. The van der Waals surface area contributed by atoms with E-state index in [4.69, 9.17) is 0 Å². The van der Waals surface area contributed by atoms with Gasteiger partial charge in [-0.05, 0) is 17.5 Å². The molecule has 2 aromatic rings. The van der Waals surface area contributed by atoms with Crippen LogP contribution in [0.1, 0.15) is 0 Å². The van der Waals surface area contributed by atoms with Gasteiger partial charge in [0.1, 0.15) is 0 Å². The van der Waals surface area contributed by atoms with Gasteiger partial charge in [0.25, 0.3) is 0 Å². The molecule has 2 N–H and O–H groups in total. The van der Waals surface area contributed by atoms with Crippen molar-refractivity contribution in [1.29, 1.82) is 0 Å². The molecule has 0 fully saturated rings. The molecule has 0 aliphatic carbocycles. The second-order valence-corrected chi connectivity index (χ2v) is 3.24. The summed E-state index contributed by atoms with van der Waals surface area (Å²) >= 11 is 0. The van der Waals surface area contributed by atoms with E-state index in [-0.39, 0.29) is 0 Å². The molecule has 1 aliphatic heterocycles. The smallest absolute Gasteiger partial charge is 0.0849 e. The summed E-state index contributed by atoms with van der Waals surface area (Å²) in [4.78, 5) is 0. The topological polar surface area (TPSA) is 24.1 Å². The summed E-state index contributed by atoms with van der Waals surface area (Å²) in [6.45, 7) is 0.816. The second-order valence-electron chi connectivity index (χ2n) is 3.24. The van der Waals surface area contributed by atoms with Crippen LogP contribution in [0.3, 0.4) is 0 Å². The van der Waals surface area contributed by atoms with Gasteiger partial charge >= 0.3 is 0 Å². The van der Waals surface area contributed by atoms with E-state index in [1.165, 1.54) is 22.1 Å². The van der Waals surface area contributed by atoms with Gasteiger partial charge in [0.05, 0.1) is 6.67 Å². The molecule has 2 heteroatoms. The van der Waals surface area contributed by atoms with Crippen LogP contribution in [-0.2, 0) is 0 Å². The lowest BCUT2D eigenvalue weighted by atomic mass is 10.1. The molecular weight excluding hydrogens is 160 g/mol. The minimum absolute atomic E-state index is 0.816. The molecule has 1 aliphatic rings. The van der Waals surface area contributed by atoms with Crippen LogP contribution < -0.4 is 10.6 Å². The third kappa shape index (κ3) is 0.886. The zero-order valence-electron chi connectivity index (χ0n) is 7.17. The maximum atomic E-state index is 3.32. The van der Waals surface area contributed by atoms with Crippen molar-refractivity contribution in [1.82, 2.24) is 0 Å². The van der Waals surface area contributed by atoms with Crippen molar-refractivity contribution in [2.45, 2.75) is 0 Å². The Labute approximate surface area is 76.6 Å². The van der Waals surface area contributed by atoms with E-state index in [0.29, 0.717) is 0 Å². The maximum Gasteiger partial charge on any atom is 0.0849 e. The van der Waals surface area contributed by atoms with E-state index in [1.807, 2.05) is 0 Å². The summed E-state index contributed by atoms with van der Waals surface area (Å²) < 4.78 is 0. The molecule has 0 bridgehead atoms. The first kappa shape index (κ1) is 6.78. The van der Waals surface area contributed by atoms with Gasteiger partial charge in [-0.15, -0.1) is 0 Å². The molecular formula is C11H10N2. The minimum atomic E-state index is 0.816. The molecule has 0 amide bonds. The van der Waals surface area contributed by atoms with Crippen molar-refractivity contribution in [2.24, 2.45) is 0 Å². The lowest BCUT2D eigenvalue weighted by molar-refractivity contribution is 1.21. The van der Waals surface area contributed by atoms with Crippen LogP contribution in [0, 0.1) is 0 Å². The summed E-state index contributed by atoms with van der Waals surface area (Å²) in [7, 11) is 0. The quantitative estimate of drug-likeness (QED) is 0.635. The van der Waals surface area contributed by atoms with Gasteiger partial charge < -0.3 is 10.6 Å². The fourth-order valence-corrected chi connectivity index (χ4v) is 1.87. The molecule has 0 saturated heterocycles. The normalized spacial score (nSPS) is 13.5. The van der Waals surface area contributed by atoms with Gasteiger partial charge in [-0.1, -0.05) is 24.3 Å². The number of hydrogen-bond donors (Lipinski definition) is 2. The number of nitrogens with one attached hydrogen (secondary N) is 2. The van der Waals surface area contributed by atoms with Gasteiger partial charge in [-0.2, -0.15) is 0 Å². The van der Waals surface area contributed by atoms with E-state index in [1.54, 1.807) is 0 Å². The Balaban J connectivity index is 2.49. The van der Waals surface area contributed by atoms with E-state index in [0.717, 1.165) is 6.67 Å². The van der Waals surface area contributed by atoms with E-state index < -0.39 is 0 Å². The van der Waals surface area contributed by atoms with E-state index >= 15 is 0 Å². The molecule has 1 heterocycles. The van der Waals surface area contributed by atoms with Gasteiger partial charge in [-0.3, -0.25) is 0 Å². The third-order valence-corrected chi connectivity index (χ3v) is 2.46. The van der Waals surface area contributed by atoms with Crippen molar-refractivity contribution in [2.75, 3.05) is 17.3 Å². The Morgan fingerprint density at radius 1 is 0.846 bits per heavy atom. The highest BCUT2D eigenvalue weighted by molar-refractivity contribution is 6.04. The average molecular weight is 170 g/mol. The van der Waals surface area contributed by atoms with Gasteiger partial charge in [-0.25, -0.2) is 0 Å². The molecule has 2 aromatic carbocycles. The molecule has 64 valence electrons. The summed E-state index contributed by atoms with van der Waals surface area (Å²) in [5.74, 6) is 0. The summed E-state index contributed by atoms with van der Waals surface area (Å²) in [6.07, 6.45) is 0. The molecule has 0 unspecified atom stereocenters. The zero-order valence-corrected chi connectivity index (χ0v) is 7.17. The zero-order chi connectivity index (χ0) is 8.67. The number of hydrogen-bond acceptors (Lipinski definition) is 2. The summed E-state index contributed by atoms with van der Waals surface area (Å²) in [5, 5.41) is 9.22. The Hall–Kier alpha value is -1.70. The molecule has 0 atom stereocenters. The Morgan fingerprint density at radius 2 is 1.46 bits per heavy atom. The lowest BCUT2D eigenvalue weighted by Gasteiger charge is -2.20. The van der Waals surface area contributed by atoms with E-state index in [9.17, 15) is 0 Å². The highest BCUT2D eigenvalue weighted by Gasteiger charge is 2.08. The van der Waals surface area contributed by atoms with Crippen LogP contribution in [0.4, 0.5) is 11.4 Å². The maximum absolute atomic E-state index is 3.32. The molecule has 0 radical (unpaired) electrons. The van der Waals surface area contributed by atoms with Gasteiger partial charge in [0, 0.05) is 16.8 Å². The van der Waals surface area contributed by atoms with Crippen LogP contribution in [0.2, 0.25) is 0 Å². The largest absolute Gasteiger partial charge is 0.367 e. The van der Waals surface area contributed by atoms with Crippen molar-refractivity contribution in [3.63, 3.8) is 0 Å². The summed E-state index contributed by atoms with van der Waals surface area (Å²) in [6, 6.07) is 12.7. The van der Waals surface area contributed by atoms with Crippen LogP contribution in [0.25, 0.3) is 10.8 Å². The molecule has 0 aromatic heterocycles. The Bertz CT molecular complexity index is 424. The van der Waals surface area contributed by atoms with Crippen LogP contribution in [-0.4, -0.2) is 6.67 Å². The van der Waals surface area contributed by atoms with Gasteiger partial charge in [0.15, 0.2) is 0 Å². The SMILES string of the molecule is c1cc2c3c(cccc3c1)NCN2. The van der Waals surface area contributed by atoms with Crippen molar-refractivity contribution >= 4 is 22.1 Å². The second kappa shape index (κ2) is 2.39. The van der Waals surface area contributed by atoms with Gasteiger partial charge in [0.2, 0.25) is 0 Å².